The van der Waals surface area contributed by atoms with Crippen molar-refractivity contribution in [1.29, 1.82) is 0 Å². The van der Waals surface area contributed by atoms with Crippen LogP contribution in [0.3, 0.4) is 0 Å². The van der Waals surface area contributed by atoms with Gasteiger partial charge in [0, 0.05) is 61.4 Å². The van der Waals surface area contributed by atoms with Crippen molar-refractivity contribution >= 4 is 44.4 Å². The van der Waals surface area contributed by atoms with Crippen molar-refractivity contribution in [1.82, 2.24) is 9.97 Å². The van der Waals surface area contributed by atoms with Crippen LogP contribution in [0, 0.1) is 61.5 Å². The molecule has 8 rings (SSSR count). The van der Waals surface area contributed by atoms with E-state index in [0.717, 1.165) is 88.9 Å². The first kappa shape index (κ1) is 32.0. The number of phenolic OH excluding ortho intramolecular Hbond substituents is 1. The largest absolute Gasteiger partial charge is 0.507 e. The zero-order chi connectivity index (χ0) is 32.9. The third kappa shape index (κ3) is 4.99. The third-order valence-corrected chi connectivity index (χ3v) is 10.3. The van der Waals surface area contributed by atoms with Gasteiger partial charge in [-0.3, -0.25) is 9.98 Å². The average Bonchev–Trinajstić information content (AvgIpc) is 3.63. The zero-order valence-electron chi connectivity index (χ0n) is 28.4. The number of phenols is 1. The fourth-order valence-electron chi connectivity index (χ4n) is 6.80. The molecular weight excluding hydrogens is 774 g/mol. The average molecular weight is 810 g/mol. The normalized spacial score (nSPS) is 12.5. The smallest absolute Gasteiger partial charge is 0.218 e. The molecule has 0 fully saturated rings. The van der Waals surface area contributed by atoms with Gasteiger partial charge in [0.15, 0.2) is 0 Å². The standard InChI is InChI=1S/C42H36N3O2.Pt/c1-20-9-28-17-34-33-16-29(36-12-23(4)26(7)19-43-36)15-32(41(33)47-42(34)45-37(28)13-22(20)3)31-11-25(6)27(8)30-18-38(44-40(30)31)35-10-21(2)24(5)14-39(35)46;/h9-14,16-17,19,46H,18H2,1-8H3;/q-1;. The van der Waals surface area contributed by atoms with Gasteiger partial charge in [0.1, 0.15) is 5.75 Å². The van der Waals surface area contributed by atoms with E-state index in [0.29, 0.717) is 12.1 Å². The van der Waals surface area contributed by atoms with Crippen molar-refractivity contribution in [3.63, 3.8) is 0 Å². The molecule has 0 amide bonds. The Kier molecular flexibility index (Phi) is 7.68. The number of aliphatic imine (C=N–C) groups is 1. The van der Waals surface area contributed by atoms with Crippen molar-refractivity contribution in [3.8, 4) is 28.1 Å². The Hall–Kier alpha value is -4.60. The van der Waals surface area contributed by atoms with Crippen LogP contribution >= 0.6 is 0 Å². The number of aromatic nitrogens is 2. The first-order valence-corrected chi connectivity index (χ1v) is 16.1. The van der Waals surface area contributed by atoms with E-state index >= 15 is 0 Å². The summed E-state index contributed by atoms with van der Waals surface area (Å²) in [5.41, 5.74) is 18.8. The van der Waals surface area contributed by atoms with E-state index in [2.05, 4.69) is 90.9 Å². The Bertz CT molecular complexity index is 2540. The van der Waals surface area contributed by atoms with Crippen molar-refractivity contribution in [2.45, 2.75) is 61.8 Å². The van der Waals surface area contributed by atoms with Crippen LogP contribution in [0.2, 0.25) is 0 Å². The molecule has 0 atom stereocenters. The number of aromatic hydroxyl groups is 1. The molecule has 4 aromatic carbocycles. The summed E-state index contributed by atoms with van der Waals surface area (Å²) >= 11 is 0. The van der Waals surface area contributed by atoms with E-state index in [1.165, 1.54) is 27.8 Å². The van der Waals surface area contributed by atoms with Crippen LogP contribution in [0.25, 0.3) is 55.4 Å². The molecule has 1 N–H and O–H groups in total. The SMILES string of the molecule is Cc1cnc(-c2[c-]c(-c3cc(C)c(C)c4c3N=C(c3cc(C)c(C)cc3O)C4)c3oc4nc5cc(C)c(C)cc5cc4c3c2)cc1C.[Pt]. The number of benzene rings is 4. The molecular formula is C42H36N3O2Pt-. The Labute approximate surface area is 295 Å². The first-order chi connectivity index (χ1) is 22.5. The van der Waals surface area contributed by atoms with E-state index in [1.54, 1.807) is 0 Å². The quantitative estimate of drug-likeness (QED) is 0.181. The predicted octanol–water partition coefficient (Wildman–Crippen LogP) is 10.5. The van der Waals surface area contributed by atoms with Gasteiger partial charge in [-0.1, -0.05) is 39.9 Å². The monoisotopic (exact) mass is 809 g/mol. The van der Waals surface area contributed by atoms with Crippen LogP contribution < -0.4 is 0 Å². The van der Waals surface area contributed by atoms with Crippen molar-refractivity contribution in [2.75, 3.05) is 0 Å². The second kappa shape index (κ2) is 11.5. The second-order valence-electron chi connectivity index (χ2n) is 13.4. The molecule has 48 heavy (non-hydrogen) atoms. The molecule has 1 aliphatic rings. The molecule has 0 saturated carbocycles. The Morgan fingerprint density at radius 1 is 0.708 bits per heavy atom. The molecule has 0 bridgehead atoms. The molecule has 6 heteroatoms. The Morgan fingerprint density at radius 3 is 2.17 bits per heavy atom. The van der Waals surface area contributed by atoms with Crippen LogP contribution in [0.1, 0.15) is 55.6 Å². The van der Waals surface area contributed by atoms with Crippen LogP contribution in [0.5, 0.6) is 5.75 Å². The van der Waals surface area contributed by atoms with Gasteiger partial charge in [0.05, 0.1) is 16.8 Å². The number of nitrogens with zero attached hydrogens (tertiary/aromatic N) is 3. The van der Waals surface area contributed by atoms with Gasteiger partial charge >= 0.3 is 0 Å². The molecule has 0 unspecified atom stereocenters. The number of hydrogen-bond donors (Lipinski definition) is 1. The van der Waals surface area contributed by atoms with Crippen molar-refractivity contribution in [2.24, 2.45) is 4.99 Å². The van der Waals surface area contributed by atoms with E-state index in [-0.39, 0.29) is 26.8 Å². The van der Waals surface area contributed by atoms with Gasteiger partial charge < -0.3 is 9.52 Å². The van der Waals surface area contributed by atoms with E-state index < -0.39 is 0 Å². The summed E-state index contributed by atoms with van der Waals surface area (Å²) in [6.07, 6.45) is 2.57. The van der Waals surface area contributed by atoms with Crippen LogP contribution in [0.15, 0.2) is 64.1 Å². The van der Waals surface area contributed by atoms with Gasteiger partial charge in [-0.2, -0.15) is 0 Å². The van der Waals surface area contributed by atoms with Crippen LogP contribution in [-0.4, -0.2) is 20.8 Å². The maximum absolute atomic E-state index is 11.0. The number of rotatable bonds is 3. The fraction of sp³-hybridized carbons (Fsp3) is 0.214. The summed E-state index contributed by atoms with van der Waals surface area (Å²) in [6.45, 7) is 16.8. The Balaban J connectivity index is 0.00000364. The molecule has 242 valence electrons. The summed E-state index contributed by atoms with van der Waals surface area (Å²) in [6, 6.07) is 20.6. The summed E-state index contributed by atoms with van der Waals surface area (Å²) < 4.78 is 6.69. The van der Waals surface area contributed by atoms with Gasteiger partial charge in [-0.05, 0) is 130 Å². The number of fused-ring (bicyclic) bond motifs is 5. The molecule has 5 nitrogen and oxygen atoms in total. The minimum Gasteiger partial charge on any atom is -0.507 e. The van der Waals surface area contributed by atoms with E-state index in [9.17, 15) is 5.11 Å². The summed E-state index contributed by atoms with van der Waals surface area (Å²) in [5, 5.41) is 14.0. The maximum Gasteiger partial charge on any atom is 0.218 e. The molecule has 4 heterocycles. The molecule has 0 aliphatic carbocycles. The predicted molar refractivity (Wildman–Crippen MR) is 192 cm³/mol. The third-order valence-electron chi connectivity index (χ3n) is 10.3. The van der Waals surface area contributed by atoms with Gasteiger partial charge in [-0.15, -0.1) is 12.1 Å². The van der Waals surface area contributed by atoms with Gasteiger partial charge in [0.25, 0.3) is 0 Å². The van der Waals surface area contributed by atoms with E-state index in [1.807, 2.05) is 25.3 Å². The molecule has 3 aromatic heterocycles. The number of pyridine rings is 2. The Morgan fingerprint density at radius 2 is 1.40 bits per heavy atom. The second-order valence-corrected chi connectivity index (χ2v) is 13.4. The van der Waals surface area contributed by atoms with Gasteiger partial charge in [0.2, 0.25) is 5.71 Å². The van der Waals surface area contributed by atoms with Crippen LogP contribution in [-0.2, 0) is 27.5 Å². The number of aryl methyl sites for hydroxylation is 7. The maximum atomic E-state index is 11.0. The zero-order valence-corrected chi connectivity index (χ0v) is 30.7. The summed E-state index contributed by atoms with van der Waals surface area (Å²) in [5.74, 6) is 0.258. The van der Waals surface area contributed by atoms with Crippen molar-refractivity contribution < 1.29 is 30.6 Å². The first-order valence-electron chi connectivity index (χ1n) is 16.1. The molecule has 0 radical (unpaired) electrons. The topological polar surface area (TPSA) is 71.5 Å². The number of hydrogen-bond acceptors (Lipinski definition) is 5. The van der Waals surface area contributed by atoms with Crippen molar-refractivity contribution in [3.05, 3.63) is 116 Å². The molecule has 0 saturated heterocycles. The minimum absolute atomic E-state index is 0. The van der Waals surface area contributed by atoms with Crippen LogP contribution in [0.4, 0.5) is 5.69 Å². The van der Waals surface area contributed by atoms with E-state index in [4.69, 9.17) is 19.4 Å². The summed E-state index contributed by atoms with van der Waals surface area (Å²) in [7, 11) is 0. The fourth-order valence-corrected chi connectivity index (χ4v) is 6.80. The summed E-state index contributed by atoms with van der Waals surface area (Å²) in [4.78, 5) is 15.1. The molecule has 1 aliphatic heterocycles. The molecule has 7 aromatic rings. The minimum atomic E-state index is 0. The molecule has 0 spiro atoms. The van der Waals surface area contributed by atoms with Gasteiger partial charge in [-0.25, -0.2) is 4.98 Å². The number of furan rings is 1.